The molecule has 4 unspecified atom stereocenters. The number of rotatable bonds is 2. The summed E-state index contributed by atoms with van der Waals surface area (Å²) in [5.41, 5.74) is 0.112. The Balaban J connectivity index is 1.71. The molecule has 0 aromatic carbocycles. The molecule has 1 saturated heterocycles. The highest BCUT2D eigenvalue weighted by Gasteiger charge is 2.68. The molecule has 146 valence electrons. The molecule has 1 aliphatic heterocycles. The van der Waals surface area contributed by atoms with Crippen molar-refractivity contribution in [1.82, 2.24) is 0 Å². The highest BCUT2D eigenvalue weighted by atomic mass is 32.2. The Morgan fingerprint density at radius 1 is 1.19 bits per heavy atom. The van der Waals surface area contributed by atoms with Gasteiger partial charge in [-0.25, -0.2) is 0 Å². The zero-order valence-electron chi connectivity index (χ0n) is 17.0. The van der Waals surface area contributed by atoms with Gasteiger partial charge in [0.15, 0.2) is 14.1 Å². The molecule has 0 aromatic rings. The van der Waals surface area contributed by atoms with E-state index in [2.05, 4.69) is 63.5 Å². The molecular formula is C21H34O2S2Si. The van der Waals surface area contributed by atoms with Crippen molar-refractivity contribution >= 4 is 37.6 Å². The molecule has 4 rings (SSSR count). The van der Waals surface area contributed by atoms with Crippen molar-refractivity contribution in [2.24, 2.45) is 17.3 Å². The lowest BCUT2D eigenvalue weighted by molar-refractivity contribution is -0.117. The molecule has 2 nitrogen and oxygen atoms in total. The predicted octanol–water partition coefficient (Wildman–Crippen LogP) is 5.89. The van der Waals surface area contributed by atoms with E-state index >= 15 is 0 Å². The average molecular weight is 411 g/mol. The molecule has 0 amide bonds. The molecule has 0 radical (unpaired) electrons. The van der Waals surface area contributed by atoms with Gasteiger partial charge in [-0.15, -0.1) is 23.5 Å². The minimum absolute atomic E-state index is 0.112. The Morgan fingerprint density at radius 3 is 2.54 bits per heavy atom. The van der Waals surface area contributed by atoms with Crippen LogP contribution in [0.2, 0.25) is 18.1 Å². The van der Waals surface area contributed by atoms with E-state index in [0.717, 1.165) is 6.42 Å². The lowest BCUT2D eigenvalue weighted by Gasteiger charge is -2.47. The summed E-state index contributed by atoms with van der Waals surface area (Å²) in [4.78, 5) is 12.3. The molecule has 4 aliphatic rings. The topological polar surface area (TPSA) is 26.3 Å². The Hall–Kier alpha value is 0.287. The molecule has 4 atom stereocenters. The fourth-order valence-electron chi connectivity index (χ4n) is 5.61. The molecule has 2 saturated carbocycles. The maximum absolute atomic E-state index is 12.3. The van der Waals surface area contributed by atoms with E-state index < -0.39 is 8.32 Å². The van der Waals surface area contributed by atoms with Crippen molar-refractivity contribution in [3.8, 4) is 0 Å². The summed E-state index contributed by atoms with van der Waals surface area (Å²) in [6.07, 6.45) is 10.3. The number of allylic oxidation sites excluding steroid dienone is 1. The van der Waals surface area contributed by atoms with E-state index in [4.69, 9.17) is 4.43 Å². The number of fused-ring (bicyclic) bond motifs is 1. The first-order valence-electron chi connectivity index (χ1n) is 10.3. The van der Waals surface area contributed by atoms with E-state index in [9.17, 15) is 4.79 Å². The fraction of sp³-hybridized carbons (Fsp3) is 0.857. The zero-order valence-corrected chi connectivity index (χ0v) is 19.6. The van der Waals surface area contributed by atoms with E-state index in [-0.39, 0.29) is 10.5 Å². The third-order valence-corrected chi connectivity index (χ3v) is 15.9. The van der Waals surface area contributed by atoms with E-state index in [1.54, 1.807) is 0 Å². The second-order valence-electron chi connectivity index (χ2n) is 10.3. The number of carbonyl (C=O) groups excluding carboxylic acids is 1. The van der Waals surface area contributed by atoms with Gasteiger partial charge in [0.05, 0.1) is 10.2 Å². The Kier molecular flexibility index (Phi) is 4.82. The molecular weight excluding hydrogens is 376 g/mol. The minimum Gasteiger partial charge on any atom is -0.413 e. The molecule has 3 fully saturated rings. The standard InChI is InChI=1S/C21H34O2S2Si/c1-19(2,3)26(4,5)23-18-8-7-17-20(18)10-9-16(22)13-15(20)14-21(17)24-11-6-12-25-21/h9-10,15,17-18H,6-8,11-14H2,1-5H3. The Bertz CT molecular complexity index is 618. The van der Waals surface area contributed by atoms with Crippen molar-refractivity contribution in [3.63, 3.8) is 0 Å². The Labute approximate surface area is 168 Å². The van der Waals surface area contributed by atoms with Crippen LogP contribution in [-0.2, 0) is 9.22 Å². The second kappa shape index (κ2) is 6.40. The van der Waals surface area contributed by atoms with Crippen molar-refractivity contribution in [3.05, 3.63) is 12.2 Å². The molecule has 1 heterocycles. The van der Waals surface area contributed by atoms with Crippen molar-refractivity contribution < 1.29 is 9.22 Å². The van der Waals surface area contributed by atoms with Gasteiger partial charge in [0, 0.05) is 11.8 Å². The van der Waals surface area contributed by atoms with Crippen LogP contribution in [0.15, 0.2) is 12.2 Å². The van der Waals surface area contributed by atoms with Gasteiger partial charge in [0.1, 0.15) is 0 Å². The van der Waals surface area contributed by atoms with Crippen LogP contribution in [0, 0.1) is 17.3 Å². The molecule has 3 aliphatic carbocycles. The van der Waals surface area contributed by atoms with Crippen molar-refractivity contribution in [2.75, 3.05) is 11.5 Å². The van der Waals surface area contributed by atoms with Crippen LogP contribution in [0.1, 0.15) is 52.9 Å². The van der Waals surface area contributed by atoms with Crippen LogP contribution in [0.4, 0.5) is 0 Å². The SMILES string of the molecule is CC(C)(C)[Si](C)(C)OC1CCC2C3(CC4CC(=O)C=CC412)SCCCS3. The number of hydrogen-bond donors (Lipinski definition) is 0. The molecule has 2 spiro atoms. The van der Waals surface area contributed by atoms with Crippen LogP contribution < -0.4 is 0 Å². The number of carbonyl (C=O) groups is 1. The van der Waals surface area contributed by atoms with Crippen LogP contribution >= 0.6 is 23.5 Å². The van der Waals surface area contributed by atoms with Gasteiger partial charge >= 0.3 is 0 Å². The zero-order chi connectivity index (χ0) is 18.8. The normalized spacial score (nSPS) is 39.3. The second-order valence-corrected chi connectivity index (χ2v) is 18.1. The van der Waals surface area contributed by atoms with E-state index in [1.807, 2.05) is 6.08 Å². The smallest absolute Gasteiger partial charge is 0.192 e. The quantitative estimate of drug-likeness (QED) is 0.530. The average Bonchev–Trinajstić information content (AvgIpc) is 3.01. The van der Waals surface area contributed by atoms with Crippen LogP contribution in [-0.4, -0.2) is 35.8 Å². The first kappa shape index (κ1) is 19.6. The van der Waals surface area contributed by atoms with Crippen LogP contribution in [0.3, 0.4) is 0 Å². The van der Waals surface area contributed by atoms with Gasteiger partial charge in [0.2, 0.25) is 0 Å². The third kappa shape index (κ3) is 2.82. The summed E-state index contributed by atoms with van der Waals surface area (Å²) in [7, 11) is -1.82. The van der Waals surface area contributed by atoms with Crippen LogP contribution in [0.5, 0.6) is 0 Å². The van der Waals surface area contributed by atoms with Crippen molar-refractivity contribution in [1.29, 1.82) is 0 Å². The number of ketones is 1. The van der Waals surface area contributed by atoms with Crippen LogP contribution in [0.25, 0.3) is 0 Å². The van der Waals surface area contributed by atoms with Gasteiger partial charge in [-0.3, -0.25) is 4.79 Å². The van der Waals surface area contributed by atoms with Gasteiger partial charge in [-0.1, -0.05) is 26.8 Å². The monoisotopic (exact) mass is 410 g/mol. The van der Waals surface area contributed by atoms with Gasteiger partial charge in [-0.2, -0.15) is 0 Å². The summed E-state index contributed by atoms with van der Waals surface area (Å²) in [5, 5.41) is 0.232. The molecule has 5 heteroatoms. The molecule has 0 bridgehead atoms. The number of thioether (sulfide) groups is 2. The summed E-state index contributed by atoms with van der Waals surface area (Å²) >= 11 is 4.42. The van der Waals surface area contributed by atoms with E-state index in [1.165, 1.54) is 37.2 Å². The summed E-state index contributed by atoms with van der Waals surface area (Å²) < 4.78 is 7.40. The predicted molar refractivity (Wildman–Crippen MR) is 116 cm³/mol. The van der Waals surface area contributed by atoms with Gasteiger partial charge in [-0.05, 0) is 73.2 Å². The summed E-state index contributed by atoms with van der Waals surface area (Å²) in [5.74, 6) is 4.07. The molecule has 26 heavy (non-hydrogen) atoms. The Morgan fingerprint density at radius 2 is 1.88 bits per heavy atom. The van der Waals surface area contributed by atoms with Gasteiger partial charge in [0.25, 0.3) is 0 Å². The highest BCUT2D eigenvalue weighted by Crippen LogP contribution is 2.72. The largest absolute Gasteiger partial charge is 0.413 e. The van der Waals surface area contributed by atoms with E-state index in [0.29, 0.717) is 27.8 Å². The molecule has 0 N–H and O–H groups in total. The maximum Gasteiger partial charge on any atom is 0.192 e. The lowest BCUT2D eigenvalue weighted by Crippen LogP contribution is -2.50. The third-order valence-electron chi connectivity index (χ3n) is 7.88. The first-order chi connectivity index (χ1) is 12.1. The lowest BCUT2D eigenvalue weighted by atomic mass is 9.67. The highest BCUT2D eigenvalue weighted by molar-refractivity contribution is 8.18. The van der Waals surface area contributed by atoms with Crippen molar-refractivity contribution in [2.45, 2.75) is 81.2 Å². The minimum atomic E-state index is -1.82. The summed E-state index contributed by atoms with van der Waals surface area (Å²) in [6.45, 7) is 11.8. The fourth-order valence-corrected chi connectivity index (χ4v) is 11.0. The maximum atomic E-state index is 12.3. The number of hydrogen-bond acceptors (Lipinski definition) is 4. The molecule has 0 aromatic heterocycles. The summed E-state index contributed by atoms with van der Waals surface area (Å²) in [6, 6.07) is 0. The first-order valence-corrected chi connectivity index (χ1v) is 15.2. The van der Waals surface area contributed by atoms with Gasteiger partial charge < -0.3 is 4.43 Å².